The molecule has 0 bridgehead atoms. The first-order chi connectivity index (χ1) is 12.6. The quantitative estimate of drug-likeness (QED) is 0.393. The average molecular weight is 345 g/mol. The van der Waals surface area contributed by atoms with Gasteiger partial charge < -0.3 is 0 Å². The van der Waals surface area contributed by atoms with Gasteiger partial charge in [-0.2, -0.15) is 0 Å². The number of rotatable bonds is 5. The van der Waals surface area contributed by atoms with Crippen LogP contribution in [0.1, 0.15) is 16.7 Å². The van der Waals surface area contributed by atoms with Crippen LogP contribution < -0.4 is 0 Å². The van der Waals surface area contributed by atoms with Crippen LogP contribution in [0.15, 0.2) is 71.2 Å². The lowest BCUT2D eigenvalue weighted by atomic mass is 10.1. The summed E-state index contributed by atoms with van der Waals surface area (Å²) in [5.74, 6) is 0. The maximum atomic E-state index is 11.2. The number of aromatic nitrogens is 2. The molecule has 7 nitrogen and oxygen atoms in total. The monoisotopic (exact) mass is 345 g/mol. The molecule has 7 heteroatoms. The molecule has 3 aromatic rings. The van der Waals surface area contributed by atoms with Gasteiger partial charge in [-0.15, -0.1) is 0 Å². The molecule has 3 rings (SSSR count). The van der Waals surface area contributed by atoms with Gasteiger partial charge in [0.05, 0.1) is 16.3 Å². The van der Waals surface area contributed by atoms with E-state index in [2.05, 4.69) is 20.0 Å². The zero-order chi connectivity index (χ0) is 18.4. The molecule has 0 saturated carbocycles. The molecule has 0 atom stereocenters. The Morgan fingerprint density at radius 1 is 0.962 bits per heavy atom. The fraction of sp³-hybridized carbons (Fsp3) is 0.0526. The molecule has 0 amide bonds. The molecular formula is C19H15N5O2. The third-order valence-electron chi connectivity index (χ3n) is 3.62. The van der Waals surface area contributed by atoms with Crippen molar-refractivity contribution in [2.24, 2.45) is 9.98 Å². The summed E-state index contributed by atoms with van der Waals surface area (Å²) in [6.07, 6.45) is 9.90. The Kier molecular flexibility index (Phi) is 5.19. The van der Waals surface area contributed by atoms with Gasteiger partial charge in [-0.25, -0.2) is 0 Å². The van der Waals surface area contributed by atoms with E-state index in [1.54, 1.807) is 49.3 Å². The standard InChI is InChI=1S/C19H15N5O2/c1-14-18(22-12-15-4-2-6-20-10-15)8-17(24(25)26)9-19(14)23-13-16-5-3-7-21-11-16/h2-13H,1H3. The van der Waals surface area contributed by atoms with Crippen LogP contribution in [0.5, 0.6) is 0 Å². The van der Waals surface area contributed by atoms with E-state index < -0.39 is 4.92 Å². The predicted octanol–water partition coefficient (Wildman–Crippen LogP) is 4.19. The largest absolute Gasteiger partial charge is 0.273 e. The van der Waals surface area contributed by atoms with Crippen LogP contribution in [-0.2, 0) is 0 Å². The lowest BCUT2D eigenvalue weighted by molar-refractivity contribution is -0.384. The van der Waals surface area contributed by atoms with Crippen molar-refractivity contribution in [2.45, 2.75) is 6.92 Å². The Balaban J connectivity index is 1.99. The first-order valence-electron chi connectivity index (χ1n) is 7.81. The highest BCUT2D eigenvalue weighted by molar-refractivity contribution is 5.85. The van der Waals surface area contributed by atoms with Crippen molar-refractivity contribution in [3.05, 3.63) is 88.0 Å². The van der Waals surface area contributed by atoms with Crippen molar-refractivity contribution >= 4 is 29.5 Å². The summed E-state index contributed by atoms with van der Waals surface area (Å²) in [5, 5.41) is 11.2. The van der Waals surface area contributed by atoms with E-state index >= 15 is 0 Å². The number of non-ortho nitro benzene ring substituents is 1. The average Bonchev–Trinajstić information content (AvgIpc) is 2.67. The topological polar surface area (TPSA) is 93.6 Å². The SMILES string of the molecule is Cc1c(N=Cc2cccnc2)cc([N+](=O)[O-])cc1N=Cc1cccnc1. The van der Waals surface area contributed by atoms with Crippen LogP contribution in [0.3, 0.4) is 0 Å². The Labute approximate surface area is 150 Å². The van der Waals surface area contributed by atoms with Gasteiger partial charge in [-0.3, -0.25) is 30.1 Å². The van der Waals surface area contributed by atoms with Crippen molar-refractivity contribution in [3.63, 3.8) is 0 Å². The molecule has 2 aromatic heterocycles. The molecule has 0 aliphatic carbocycles. The lowest BCUT2D eigenvalue weighted by Gasteiger charge is -2.05. The lowest BCUT2D eigenvalue weighted by Crippen LogP contribution is -1.90. The number of aliphatic imine (C=N–C) groups is 2. The zero-order valence-electron chi connectivity index (χ0n) is 14.0. The van der Waals surface area contributed by atoms with E-state index in [0.29, 0.717) is 11.4 Å². The molecule has 128 valence electrons. The fourth-order valence-corrected chi connectivity index (χ4v) is 2.24. The molecule has 0 fully saturated rings. The molecule has 0 N–H and O–H groups in total. The molecule has 0 aliphatic rings. The molecular weight excluding hydrogens is 330 g/mol. The van der Waals surface area contributed by atoms with Crippen molar-refractivity contribution < 1.29 is 4.92 Å². The second-order valence-electron chi connectivity index (χ2n) is 5.46. The molecule has 0 radical (unpaired) electrons. The first kappa shape index (κ1) is 17.1. The highest BCUT2D eigenvalue weighted by Gasteiger charge is 2.13. The van der Waals surface area contributed by atoms with Crippen molar-refractivity contribution in [1.29, 1.82) is 0 Å². The normalized spacial score (nSPS) is 11.3. The Bertz CT molecular complexity index is 899. The van der Waals surface area contributed by atoms with Gasteiger partial charge >= 0.3 is 0 Å². The summed E-state index contributed by atoms with van der Waals surface area (Å²) >= 11 is 0. The van der Waals surface area contributed by atoms with Gasteiger partial charge in [-0.05, 0) is 19.1 Å². The van der Waals surface area contributed by atoms with Gasteiger partial charge in [0.2, 0.25) is 0 Å². The maximum Gasteiger partial charge on any atom is 0.273 e. The number of hydrogen-bond donors (Lipinski definition) is 0. The van der Waals surface area contributed by atoms with Crippen LogP contribution in [0.2, 0.25) is 0 Å². The highest BCUT2D eigenvalue weighted by atomic mass is 16.6. The third kappa shape index (κ3) is 4.21. The molecule has 0 unspecified atom stereocenters. The molecule has 1 aromatic carbocycles. The minimum absolute atomic E-state index is 0.0627. The van der Waals surface area contributed by atoms with Crippen LogP contribution in [0, 0.1) is 17.0 Å². The molecule has 0 aliphatic heterocycles. The predicted molar refractivity (Wildman–Crippen MR) is 101 cm³/mol. The minimum Gasteiger partial charge on any atom is -0.264 e. The second-order valence-corrected chi connectivity index (χ2v) is 5.46. The van der Waals surface area contributed by atoms with Gasteiger partial charge in [0.15, 0.2) is 0 Å². The molecule has 26 heavy (non-hydrogen) atoms. The highest BCUT2D eigenvalue weighted by Crippen LogP contribution is 2.33. The molecule has 0 spiro atoms. The summed E-state index contributed by atoms with van der Waals surface area (Å²) in [4.78, 5) is 27.6. The fourth-order valence-electron chi connectivity index (χ4n) is 2.24. The maximum absolute atomic E-state index is 11.2. The van der Waals surface area contributed by atoms with Gasteiger partial charge in [0, 0.05) is 66.0 Å². The van der Waals surface area contributed by atoms with Crippen LogP contribution in [0.4, 0.5) is 17.1 Å². The number of nitrogens with zero attached hydrogens (tertiary/aromatic N) is 5. The number of nitro groups is 1. The van der Waals surface area contributed by atoms with E-state index in [1.807, 2.05) is 19.1 Å². The Morgan fingerprint density at radius 2 is 1.46 bits per heavy atom. The Hall–Kier alpha value is -3.74. The number of hydrogen-bond acceptors (Lipinski definition) is 6. The van der Waals surface area contributed by atoms with Gasteiger partial charge in [-0.1, -0.05) is 12.1 Å². The summed E-state index contributed by atoms with van der Waals surface area (Å²) in [5.41, 5.74) is 3.27. The summed E-state index contributed by atoms with van der Waals surface area (Å²) in [6.45, 7) is 1.83. The minimum atomic E-state index is -0.453. The van der Waals surface area contributed by atoms with Gasteiger partial charge in [0.25, 0.3) is 5.69 Å². The van der Waals surface area contributed by atoms with E-state index in [1.165, 1.54) is 12.1 Å². The third-order valence-corrected chi connectivity index (χ3v) is 3.62. The van der Waals surface area contributed by atoms with E-state index in [9.17, 15) is 10.1 Å². The number of nitro benzene ring substituents is 1. The van der Waals surface area contributed by atoms with Crippen LogP contribution in [-0.4, -0.2) is 27.3 Å². The van der Waals surface area contributed by atoms with Crippen molar-refractivity contribution in [3.8, 4) is 0 Å². The molecule has 2 heterocycles. The number of pyridine rings is 2. The van der Waals surface area contributed by atoms with E-state index in [4.69, 9.17) is 0 Å². The smallest absolute Gasteiger partial charge is 0.264 e. The molecule has 0 saturated heterocycles. The van der Waals surface area contributed by atoms with Crippen LogP contribution in [0.25, 0.3) is 0 Å². The summed E-state index contributed by atoms with van der Waals surface area (Å²) < 4.78 is 0. The van der Waals surface area contributed by atoms with Crippen LogP contribution >= 0.6 is 0 Å². The summed E-state index contributed by atoms with van der Waals surface area (Å²) in [7, 11) is 0. The second kappa shape index (κ2) is 7.89. The van der Waals surface area contributed by atoms with E-state index in [-0.39, 0.29) is 5.69 Å². The van der Waals surface area contributed by atoms with E-state index in [0.717, 1.165) is 16.7 Å². The number of benzene rings is 1. The zero-order valence-corrected chi connectivity index (χ0v) is 14.0. The van der Waals surface area contributed by atoms with Crippen molar-refractivity contribution in [1.82, 2.24) is 9.97 Å². The summed E-state index contributed by atoms with van der Waals surface area (Å²) in [6, 6.07) is 10.2. The first-order valence-corrected chi connectivity index (χ1v) is 7.81. The Morgan fingerprint density at radius 3 is 1.85 bits per heavy atom. The van der Waals surface area contributed by atoms with Crippen molar-refractivity contribution in [2.75, 3.05) is 0 Å². The van der Waals surface area contributed by atoms with Gasteiger partial charge in [0.1, 0.15) is 0 Å².